The molecule has 0 aliphatic rings. The van der Waals surface area contributed by atoms with Crippen LogP contribution in [0.1, 0.15) is 26.3 Å². The van der Waals surface area contributed by atoms with E-state index in [0.29, 0.717) is 19.8 Å². The van der Waals surface area contributed by atoms with Gasteiger partial charge in [0.05, 0.1) is 25.4 Å². The third kappa shape index (κ3) is 3.90. The fraction of sp³-hybridized carbons (Fsp3) is 0.333. The van der Waals surface area contributed by atoms with E-state index in [1.807, 2.05) is 0 Å². The predicted molar refractivity (Wildman–Crippen MR) is 96.8 cm³/mol. The van der Waals surface area contributed by atoms with Crippen molar-refractivity contribution in [2.45, 2.75) is 33.0 Å². The second-order valence-electron chi connectivity index (χ2n) is 6.81. The Morgan fingerprint density at radius 2 is 1.35 bits per heavy atom. The monoisotopic (exact) mass is 308 g/mol. The molecule has 0 saturated carbocycles. The van der Waals surface area contributed by atoms with Crippen LogP contribution in [0, 0.1) is 0 Å². The van der Waals surface area contributed by atoms with Crippen molar-refractivity contribution in [2.75, 3.05) is 13.2 Å². The molecule has 0 heterocycles. The van der Waals surface area contributed by atoms with Crippen molar-refractivity contribution < 1.29 is 9.47 Å². The molecule has 0 unspecified atom stereocenters. The van der Waals surface area contributed by atoms with Crippen molar-refractivity contribution in [3.8, 4) is 0 Å². The lowest BCUT2D eigenvalue weighted by Gasteiger charge is -2.19. The molecule has 0 atom stereocenters. The first-order valence-electron chi connectivity index (χ1n) is 8.16. The van der Waals surface area contributed by atoms with Crippen molar-refractivity contribution >= 4 is 21.5 Å². The summed E-state index contributed by atoms with van der Waals surface area (Å²) in [5, 5.41) is 5.05. The Balaban J connectivity index is 1.83. The van der Waals surface area contributed by atoms with Crippen molar-refractivity contribution in [3.63, 3.8) is 0 Å². The maximum atomic E-state index is 5.91. The largest absolute Gasteiger partial charge is 0.374 e. The fourth-order valence-corrected chi connectivity index (χ4v) is 2.84. The Labute approximate surface area is 138 Å². The third-order valence-corrected chi connectivity index (χ3v) is 3.89. The summed E-state index contributed by atoms with van der Waals surface area (Å²) < 4.78 is 11.6. The number of fused-ring (bicyclic) bond motifs is 2. The van der Waals surface area contributed by atoms with Crippen LogP contribution in [0.5, 0.6) is 0 Å². The molecule has 3 rings (SSSR count). The van der Waals surface area contributed by atoms with E-state index >= 15 is 0 Å². The molecule has 3 aromatic carbocycles. The number of rotatable bonds is 5. The highest BCUT2D eigenvalue weighted by Crippen LogP contribution is 2.28. The standard InChI is InChI=1S/C21H24O2/c1-21(2,3)23-13-12-22-15-20-18-10-6-4-8-16(18)14-17-9-5-7-11-19(17)20/h4-11,14H,12-13,15H2,1-3H3. The molecule has 120 valence electrons. The highest BCUT2D eigenvalue weighted by Gasteiger charge is 2.10. The van der Waals surface area contributed by atoms with E-state index in [0.717, 1.165) is 0 Å². The van der Waals surface area contributed by atoms with Gasteiger partial charge in [0.1, 0.15) is 0 Å². The van der Waals surface area contributed by atoms with E-state index in [4.69, 9.17) is 9.47 Å². The molecule has 2 heteroatoms. The Bertz CT molecular complexity index is 746. The van der Waals surface area contributed by atoms with E-state index in [1.165, 1.54) is 27.1 Å². The molecule has 0 aromatic heterocycles. The molecule has 0 spiro atoms. The Morgan fingerprint density at radius 1 is 0.783 bits per heavy atom. The summed E-state index contributed by atoms with van der Waals surface area (Å²) in [6, 6.07) is 19.3. The van der Waals surface area contributed by atoms with E-state index in [1.54, 1.807) is 0 Å². The third-order valence-electron chi connectivity index (χ3n) is 3.89. The van der Waals surface area contributed by atoms with Crippen LogP contribution < -0.4 is 0 Å². The fourth-order valence-electron chi connectivity index (χ4n) is 2.84. The van der Waals surface area contributed by atoms with Crippen LogP contribution in [0.2, 0.25) is 0 Å². The molecular formula is C21H24O2. The van der Waals surface area contributed by atoms with Gasteiger partial charge in [0, 0.05) is 0 Å². The van der Waals surface area contributed by atoms with Gasteiger partial charge in [-0.25, -0.2) is 0 Å². The quantitative estimate of drug-likeness (QED) is 0.469. The van der Waals surface area contributed by atoms with Crippen LogP contribution in [0.3, 0.4) is 0 Å². The van der Waals surface area contributed by atoms with Gasteiger partial charge in [-0.3, -0.25) is 0 Å². The van der Waals surface area contributed by atoms with E-state index < -0.39 is 0 Å². The lowest BCUT2D eigenvalue weighted by molar-refractivity contribution is -0.0374. The number of hydrogen-bond acceptors (Lipinski definition) is 2. The zero-order chi connectivity index (χ0) is 16.3. The molecule has 0 aliphatic heterocycles. The van der Waals surface area contributed by atoms with Crippen LogP contribution in [-0.2, 0) is 16.1 Å². The summed E-state index contributed by atoms with van der Waals surface area (Å²) >= 11 is 0. The minimum Gasteiger partial charge on any atom is -0.374 e. The maximum absolute atomic E-state index is 5.91. The Kier molecular flexibility index (Phi) is 4.65. The summed E-state index contributed by atoms with van der Waals surface area (Å²) in [5.74, 6) is 0. The van der Waals surface area contributed by atoms with Gasteiger partial charge in [0.2, 0.25) is 0 Å². The normalized spacial score (nSPS) is 12.1. The molecule has 3 aromatic rings. The van der Waals surface area contributed by atoms with Crippen molar-refractivity contribution in [1.29, 1.82) is 0 Å². The molecule has 0 bridgehead atoms. The molecule has 2 nitrogen and oxygen atoms in total. The molecule has 0 saturated heterocycles. The minimum atomic E-state index is -0.116. The smallest absolute Gasteiger partial charge is 0.0730 e. The summed E-state index contributed by atoms with van der Waals surface area (Å²) in [7, 11) is 0. The molecule has 0 N–H and O–H groups in total. The topological polar surface area (TPSA) is 18.5 Å². The highest BCUT2D eigenvalue weighted by atomic mass is 16.5. The van der Waals surface area contributed by atoms with Gasteiger partial charge in [-0.15, -0.1) is 0 Å². The van der Waals surface area contributed by atoms with Crippen LogP contribution in [0.4, 0.5) is 0 Å². The zero-order valence-corrected chi connectivity index (χ0v) is 14.1. The Morgan fingerprint density at radius 3 is 1.91 bits per heavy atom. The van der Waals surface area contributed by atoms with E-state index in [2.05, 4.69) is 75.4 Å². The van der Waals surface area contributed by atoms with Gasteiger partial charge in [0.15, 0.2) is 0 Å². The summed E-state index contributed by atoms with van der Waals surface area (Å²) in [5.41, 5.74) is 1.14. The molecule has 0 fully saturated rings. The van der Waals surface area contributed by atoms with E-state index in [9.17, 15) is 0 Å². The Hall–Kier alpha value is -1.90. The first-order valence-corrected chi connectivity index (χ1v) is 8.16. The predicted octanol–water partition coefficient (Wildman–Crippen LogP) is 5.32. The lowest BCUT2D eigenvalue weighted by Crippen LogP contribution is -2.21. The van der Waals surface area contributed by atoms with Crippen LogP contribution in [0.15, 0.2) is 54.6 Å². The highest BCUT2D eigenvalue weighted by molar-refractivity contribution is 6.02. The second-order valence-corrected chi connectivity index (χ2v) is 6.81. The van der Waals surface area contributed by atoms with Gasteiger partial charge in [-0.1, -0.05) is 48.5 Å². The van der Waals surface area contributed by atoms with Gasteiger partial charge < -0.3 is 9.47 Å². The van der Waals surface area contributed by atoms with Crippen LogP contribution in [0.25, 0.3) is 21.5 Å². The molecule has 23 heavy (non-hydrogen) atoms. The molecule has 0 radical (unpaired) electrons. The van der Waals surface area contributed by atoms with Crippen molar-refractivity contribution in [2.24, 2.45) is 0 Å². The zero-order valence-electron chi connectivity index (χ0n) is 14.1. The van der Waals surface area contributed by atoms with Gasteiger partial charge >= 0.3 is 0 Å². The van der Waals surface area contributed by atoms with E-state index in [-0.39, 0.29) is 5.60 Å². The van der Waals surface area contributed by atoms with Gasteiger partial charge in [-0.05, 0) is 53.9 Å². The first kappa shape index (κ1) is 16.0. The molecular weight excluding hydrogens is 284 g/mol. The summed E-state index contributed by atoms with van der Waals surface area (Å²) in [6.45, 7) is 8.01. The van der Waals surface area contributed by atoms with Crippen molar-refractivity contribution in [3.05, 3.63) is 60.2 Å². The lowest BCUT2D eigenvalue weighted by atomic mass is 9.97. The number of ether oxygens (including phenoxy) is 2. The maximum Gasteiger partial charge on any atom is 0.0730 e. The van der Waals surface area contributed by atoms with Crippen molar-refractivity contribution in [1.82, 2.24) is 0 Å². The summed E-state index contributed by atoms with van der Waals surface area (Å²) in [6.07, 6.45) is 0. The van der Waals surface area contributed by atoms with Gasteiger partial charge in [0.25, 0.3) is 0 Å². The average Bonchev–Trinajstić information content (AvgIpc) is 2.52. The van der Waals surface area contributed by atoms with Gasteiger partial charge in [-0.2, -0.15) is 0 Å². The van der Waals surface area contributed by atoms with Crippen LogP contribution in [-0.4, -0.2) is 18.8 Å². The summed E-state index contributed by atoms with van der Waals surface area (Å²) in [4.78, 5) is 0. The van der Waals surface area contributed by atoms with Crippen LogP contribution >= 0.6 is 0 Å². The number of hydrogen-bond donors (Lipinski definition) is 0. The second kappa shape index (κ2) is 6.69. The first-order chi connectivity index (χ1) is 11.0. The SMILES string of the molecule is CC(C)(C)OCCOCc1c2ccccc2cc2ccccc12. The molecule has 0 amide bonds. The molecule has 0 aliphatic carbocycles. The minimum absolute atomic E-state index is 0.116. The number of benzene rings is 3. The average molecular weight is 308 g/mol.